The number of nitrogens with zero attached hydrogens (tertiary/aromatic N) is 1. The van der Waals surface area contributed by atoms with E-state index >= 15 is 0 Å². The fourth-order valence-electron chi connectivity index (χ4n) is 3.36. The number of aromatic nitrogens is 1. The number of hydrogen-bond donors (Lipinski definition) is 1. The first-order valence-electron chi connectivity index (χ1n) is 7.65. The Labute approximate surface area is 129 Å². The lowest BCUT2D eigenvalue weighted by Crippen LogP contribution is -2.11. The SMILES string of the molecule is Cn1cc(CNCc2cc3c(s2)CCC3)c2ccccc21. The first kappa shape index (κ1) is 13.1. The van der Waals surface area contributed by atoms with Crippen molar-refractivity contribution in [3.05, 3.63) is 57.4 Å². The Hall–Kier alpha value is -1.58. The highest BCUT2D eigenvalue weighted by Gasteiger charge is 2.14. The van der Waals surface area contributed by atoms with Crippen LogP contribution in [0.3, 0.4) is 0 Å². The van der Waals surface area contributed by atoms with E-state index in [2.05, 4.69) is 53.5 Å². The van der Waals surface area contributed by atoms with E-state index in [0.29, 0.717) is 0 Å². The largest absolute Gasteiger partial charge is 0.350 e. The van der Waals surface area contributed by atoms with Gasteiger partial charge in [0.25, 0.3) is 0 Å². The third-order valence-electron chi connectivity index (χ3n) is 4.39. The molecule has 0 bridgehead atoms. The molecule has 0 aliphatic heterocycles. The van der Waals surface area contributed by atoms with E-state index in [1.54, 1.807) is 10.4 Å². The number of benzene rings is 1. The van der Waals surface area contributed by atoms with Gasteiger partial charge in [-0.05, 0) is 42.5 Å². The number of para-hydroxylation sites is 1. The topological polar surface area (TPSA) is 17.0 Å². The summed E-state index contributed by atoms with van der Waals surface area (Å²) in [6, 6.07) is 11.0. The van der Waals surface area contributed by atoms with Crippen LogP contribution in [0.15, 0.2) is 36.5 Å². The third kappa shape index (κ3) is 2.41. The van der Waals surface area contributed by atoms with Crippen LogP contribution in [-0.4, -0.2) is 4.57 Å². The summed E-state index contributed by atoms with van der Waals surface area (Å²) in [7, 11) is 2.12. The van der Waals surface area contributed by atoms with E-state index in [-0.39, 0.29) is 0 Å². The molecule has 108 valence electrons. The minimum absolute atomic E-state index is 0.934. The number of fused-ring (bicyclic) bond motifs is 2. The van der Waals surface area contributed by atoms with Gasteiger partial charge >= 0.3 is 0 Å². The second-order valence-electron chi connectivity index (χ2n) is 5.90. The number of thiophene rings is 1. The molecule has 3 heteroatoms. The molecule has 0 radical (unpaired) electrons. The van der Waals surface area contributed by atoms with E-state index in [1.807, 2.05) is 11.3 Å². The van der Waals surface area contributed by atoms with Crippen molar-refractivity contribution in [3.8, 4) is 0 Å². The normalized spacial score (nSPS) is 14.0. The first-order valence-corrected chi connectivity index (χ1v) is 8.47. The van der Waals surface area contributed by atoms with Gasteiger partial charge in [-0.15, -0.1) is 11.3 Å². The monoisotopic (exact) mass is 296 g/mol. The second-order valence-corrected chi connectivity index (χ2v) is 7.12. The molecule has 0 saturated carbocycles. The summed E-state index contributed by atoms with van der Waals surface area (Å²) >= 11 is 2.00. The highest BCUT2D eigenvalue weighted by atomic mass is 32.1. The van der Waals surface area contributed by atoms with E-state index in [0.717, 1.165) is 13.1 Å². The number of aryl methyl sites for hydroxylation is 3. The Morgan fingerprint density at radius 3 is 3.00 bits per heavy atom. The maximum atomic E-state index is 3.61. The third-order valence-corrected chi connectivity index (χ3v) is 5.63. The molecule has 0 unspecified atom stereocenters. The first-order chi connectivity index (χ1) is 10.3. The van der Waals surface area contributed by atoms with Crippen LogP contribution in [0.1, 0.15) is 27.3 Å². The maximum absolute atomic E-state index is 3.61. The summed E-state index contributed by atoms with van der Waals surface area (Å²) in [4.78, 5) is 3.11. The second kappa shape index (κ2) is 5.32. The molecule has 0 fully saturated rings. The summed E-state index contributed by atoms with van der Waals surface area (Å²) < 4.78 is 2.21. The van der Waals surface area contributed by atoms with Crippen LogP contribution in [-0.2, 0) is 33.0 Å². The van der Waals surface area contributed by atoms with Crippen LogP contribution in [0.2, 0.25) is 0 Å². The van der Waals surface area contributed by atoms with Gasteiger partial charge in [0, 0.05) is 47.0 Å². The lowest BCUT2D eigenvalue weighted by atomic mass is 10.2. The van der Waals surface area contributed by atoms with Crippen molar-refractivity contribution in [2.24, 2.45) is 7.05 Å². The fourth-order valence-corrected chi connectivity index (χ4v) is 4.59. The summed E-state index contributed by atoms with van der Waals surface area (Å²) in [5, 5.41) is 4.97. The molecule has 1 aliphatic rings. The zero-order chi connectivity index (χ0) is 14.2. The number of nitrogens with one attached hydrogen (secondary N) is 1. The zero-order valence-corrected chi connectivity index (χ0v) is 13.2. The van der Waals surface area contributed by atoms with Crippen molar-refractivity contribution >= 4 is 22.2 Å². The molecule has 1 aliphatic carbocycles. The number of hydrogen-bond acceptors (Lipinski definition) is 2. The molecule has 3 aromatic rings. The predicted molar refractivity (Wildman–Crippen MR) is 89.8 cm³/mol. The van der Waals surface area contributed by atoms with Crippen LogP contribution in [0, 0.1) is 0 Å². The highest BCUT2D eigenvalue weighted by molar-refractivity contribution is 7.12. The summed E-state index contributed by atoms with van der Waals surface area (Å²) in [5.41, 5.74) is 4.29. The predicted octanol–water partition coefficient (Wildman–Crippen LogP) is 4.02. The molecule has 2 heterocycles. The molecule has 2 aromatic heterocycles. The molecule has 1 N–H and O–H groups in total. The molecule has 0 amide bonds. The summed E-state index contributed by atoms with van der Waals surface area (Å²) in [6.45, 7) is 1.92. The van der Waals surface area contributed by atoms with Crippen molar-refractivity contribution in [2.75, 3.05) is 0 Å². The van der Waals surface area contributed by atoms with Crippen LogP contribution in [0.25, 0.3) is 10.9 Å². The smallest absolute Gasteiger partial charge is 0.0481 e. The Bertz CT molecular complexity index is 760. The van der Waals surface area contributed by atoms with Gasteiger partial charge in [0.1, 0.15) is 0 Å². The number of rotatable bonds is 4. The maximum Gasteiger partial charge on any atom is 0.0481 e. The molecule has 1 aromatic carbocycles. The molecular weight excluding hydrogens is 276 g/mol. The van der Waals surface area contributed by atoms with Gasteiger partial charge in [0.15, 0.2) is 0 Å². The average molecular weight is 296 g/mol. The van der Waals surface area contributed by atoms with Gasteiger partial charge in [-0.25, -0.2) is 0 Å². The molecule has 0 atom stereocenters. The van der Waals surface area contributed by atoms with Crippen LogP contribution in [0.4, 0.5) is 0 Å². The molecule has 0 spiro atoms. The van der Waals surface area contributed by atoms with Crippen molar-refractivity contribution in [2.45, 2.75) is 32.4 Å². The summed E-state index contributed by atoms with van der Waals surface area (Å²) in [6.07, 6.45) is 6.18. The zero-order valence-electron chi connectivity index (χ0n) is 12.4. The van der Waals surface area contributed by atoms with Crippen molar-refractivity contribution < 1.29 is 0 Å². The van der Waals surface area contributed by atoms with Crippen molar-refractivity contribution in [1.29, 1.82) is 0 Å². The minimum atomic E-state index is 0.934. The van der Waals surface area contributed by atoms with Gasteiger partial charge in [-0.1, -0.05) is 18.2 Å². The van der Waals surface area contributed by atoms with Gasteiger partial charge in [0.05, 0.1) is 0 Å². The molecular formula is C18H20N2S. The van der Waals surface area contributed by atoms with Crippen LogP contribution >= 0.6 is 11.3 Å². The summed E-state index contributed by atoms with van der Waals surface area (Å²) in [5.74, 6) is 0. The molecule has 2 nitrogen and oxygen atoms in total. The Kier molecular flexibility index (Phi) is 3.32. The standard InChI is InChI=1S/C18H20N2S/c1-20-12-14(16-6-2-3-7-17(16)20)10-19-11-15-9-13-5-4-8-18(13)21-15/h2-3,6-7,9,12,19H,4-5,8,10-11H2,1H3. The minimum Gasteiger partial charge on any atom is -0.350 e. The van der Waals surface area contributed by atoms with Crippen LogP contribution < -0.4 is 5.32 Å². The van der Waals surface area contributed by atoms with E-state index in [1.165, 1.54) is 40.6 Å². The lowest BCUT2D eigenvalue weighted by Gasteiger charge is -2.02. The highest BCUT2D eigenvalue weighted by Crippen LogP contribution is 2.30. The molecule has 21 heavy (non-hydrogen) atoms. The molecule has 0 saturated heterocycles. The van der Waals surface area contributed by atoms with E-state index in [4.69, 9.17) is 0 Å². The molecule has 4 rings (SSSR count). The van der Waals surface area contributed by atoms with Gasteiger partial charge < -0.3 is 9.88 Å². The van der Waals surface area contributed by atoms with Crippen LogP contribution in [0.5, 0.6) is 0 Å². The Morgan fingerprint density at radius 1 is 1.19 bits per heavy atom. The average Bonchev–Trinajstić information content (AvgIpc) is 3.14. The van der Waals surface area contributed by atoms with E-state index in [9.17, 15) is 0 Å². The van der Waals surface area contributed by atoms with Gasteiger partial charge in [-0.2, -0.15) is 0 Å². The van der Waals surface area contributed by atoms with Crippen molar-refractivity contribution in [1.82, 2.24) is 9.88 Å². The Morgan fingerprint density at radius 2 is 2.10 bits per heavy atom. The van der Waals surface area contributed by atoms with E-state index < -0.39 is 0 Å². The van der Waals surface area contributed by atoms with Crippen molar-refractivity contribution in [3.63, 3.8) is 0 Å². The quantitative estimate of drug-likeness (QED) is 0.769. The van der Waals surface area contributed by atoms with Gasteiger partial charge in [0.2, 0.25) is 0 Å². The van der Waals surface area contributed by atoms with Gasteiger partial charge in [-0.3, -0.25) is 0 Å². The lowest BCUT2D eigenvalue weighted by molar-refractivity contribution is 0.701. The fraction of sp³-hybridized carbons (Fsp3) is 0.333. The Balaban J connectivity index is 1.46.